The Labute approximate surface area is 80.4 Å². The van der Waals surface area contributed by atoms with Crippen LogP contribution in [0.25, 0.3) is 0 Å². The first kappa shape index (κ1) is 12.2. The van der Waals surface area contributed by atoms with Crippen LogP contribution in [-0.4, -0.2) is 18.5 Å². The fourth-order valence-electron chi connectivity index (χ4n) is 0.868. The van der Waals surface area contributed by atoms with E-state index < -0.39 is 6.04 Å². The molecule has 0 aliphatic carbocycles. The van der Waals surface area contributed by atoms with E-state index in [0.29, 0.717) is 6.54 Å². The predicted molar refractivity (Wildman–Crippen MR) is 55.3 cm³/mol. The van der Waals surface area contributed by atoms with Gasteiger partial charge < -0.3 is 11.1 Å². The second-order valence-corrected chi connectivity index (χ2v) is 3.59. The second kappa shape index (κ2) is 5.75. The SMILES string of the molecule is C=C(C)CNC(=O)[C@@H](N)C(C)CC. The number of hydrogen-bond donors (Lipinski definition) is 2. The van der Waals surface area contributed by atoms with Gasteiger partial charge >= 0.3 is 0 Å². The van der Waals surface area contributed by atoms with Crippen molar-refractivity contribution in [2.45, 2.75) is 33.2 Å². The monoisotopic (exact) mass is 184 g/mol. The fourth-order valence-corrected chi connectivity index (χ4v) is 0.868. The van der Waals surface area contributed by atoms with Gasteiger partial charge in [-0.2, -0.15) is 0 Å². The van der Waals surface area contributed by atoms with Crippen molar-refractivity contribution in [1.82, 2.24) is 5.32 Å². The summed E-state index contributed by atoms with van der Waals surface area (Å²) in [6, 6.07) is -0.399. The van der Waals surface area contributed by atoms with Crippen LogP contribution in [0.2, 0.25) is 0 Å². The molecular weight excluding hydrogens is 164 g/mol. The number of amides is 1. The molecular formula is C10H20N2O. The topological polar surface area (TPSA) is 55.1 Å². The molecule has 13 heavy (non-hydrogen) atoms. The van der Waals surface area contributed by atoms with Gasteiger partial charge in [0.05, 0.1) is 6.04 Å². The van der Waals surface area contributed by atoms with Gasteiger partial charge in [0.25, 0.3) is 0 Å². The molecule has 0 aromatic rings. The summed E-state index contributed by atoms with van der Waals surface area (Å²) >= 11 is 0. The van der Waals surface area contributed by atoms with Crippen molar-refractivity contribution in [2.24, 2.45) is 11.7 Å². The second-order valence-electron chi connectivity index (χ2n) is 3.59. The zero-order chi connectivity index (χ0) is 10.4. The Bertz CT molecular complexity index is 189. The van der Waals surface area contributed by atoms with Crippen molar-refractivity contribution in [3.05, 3.63) is 12.2 Å². The van der Waals surface area contributed by atoms with Gasteiger partial charge in [-0.05, 0) is 12.8 Å². The molecule has 0 fully saturated rings. The molecule has 3 heteroatoms. The molecule has 0 saturated heterocycles. The van der Waals surface area contributed by atoms with Crippen LogP contribution in [0, 0.1) is 5.92 Å². The lowest BCUT2D eigenvalue weighted by atomic mass is 9.99. The van der Waals surface area contributed by atoms with Crippen LogP contribution in [0.5, 0.6) is 0 Å². The largest absolute Gasteiger partial charge is 0.351 e. The van der Waals surface area contributed by atoms with E-state index in [0.717, 1.165) is 12.0 Å². The van der Waals surface area contributed by atoms with Crippen molar-refractivity contribution >= 4 is 5.91 Å². The van der Waals surface area contributed by atoms with E-state index >= 15 is 0 Å². The summed E-state index contributed by atoms with van der Waals surface area (Å²) in [5, 5.41) is 2.73. The molecule has 0 rings (SSSR count). The molecule has 0 aromatic heterocycles. The summed E-state index contributed by atoms with van der Waals surface area (Å²) in [5.74, 6) is 0.141. The summed E-state index contributed by atoms with van der Waals surface area (Å²) in [5.41, 5.74) is 6.65. The van der Waals surface area contributed by atoms with Gasteiger partial charge in [0.15, 0.2) is 0 Å². The van der Waals surface area contributed by atoms with Crippen molar-refractivity contribution in [3.63, 3.8) is 0 Å². The molecule has 0 radical (unpaired) electrons. The van der Waals surface area contributed by atoms with Gasteiger partial charge in [0.2, 0.25) is 5.91 Å². The van der Waals surface area contributed by atoms with E-state index in [2.05, 4.69) is 11.9 Å². The molecule has 0 bridgehead atoms. The minimum absolute atomic E-state index is 0.0858. The molecule has 0 aromatic carbocycles. The summed E-state index contributed by atoms with van der Waals surface area (Å²) in [7, 11) is 0. The van der Waals surface area contributed by atoms with Crippen molar-refractivity contribution in [2.75, 3.05) is 6.54 Å². The molecule has 76 valence electrons. The maximum Gasteiger partial charge on any atom is 0.237 e. The first-order chi connectivity index (χ1) is 5.99. The lowest BCUT2D eigenvalue weighted by Crippen LogP contribution is -2.44. The third-order valence-corrected chi connectivity index (χ3v) is 2.12. The van der Waals surface area contributed by atoms with Gasteiger partial charge in [-0.15, -0.1) is 0 Å². The number of hydrogen-bond acceptors (Lipinski definition) is 2. The lowest BCUT2D eigenvalue weighted by molar-refractivity contribution is -0.123. The Morgan fingerprint density at radius 3 is 2.54 bits per heavy atom. The van der Waals surface area contributed by atoms with E-state index in [1.54, 1.807) is 0 Å². The third kappa shape index (κ3) is 4.68. The van der Waals surface area contributed by atoms with Gasteiger partial charge in [-0.25, -0.2) is 0 Å². The summed E-state index contributed by atoms with van der Waals surface area (Å²) in [6.07, 6.45) is 0.918. The van der Waals surface area contributed by atoms with Crippen LogP contribution in [0.1, 0.15) is 27.2 Å². The van der Waals surface area contributed by atoms with E-state index in [-0.39, 0.29) is 11.8 Å². The number of carbonyl (C=O) groups excluding carboxylic acids is 1. The zero-order valence-corrected chi connectivity index (χ0v) is 8.76. The Kier molecular flexibility index (Phi) is 5.39. The third-order valence-electron chi connectivity index (χ3n) is 2.12. The summed E-state index contributed by atoms with van der Waals surface area (Å²) in [6.45, 7) is 10.1. The number of carbonyl (C=O) groups is 1. The summed E-state index contributed by atoms with van der Waals surface area (Å²) in [4.78, 5) is 11.4. The highest BCUT2D eigenvalue weighted by atomic mass is 16.2. The van der Waals surface area contributed by atoms with E-state index in [1.807, 2.05) is 20.8 Å². The smallest absolute Gasteiger partial charge is 0.237 e. The van der Waals surface area contributed by atoms with Crippen LogP contribution in [0.3, 0.4) is 0 Å². The van der Waals surface area contributed by atoms with E-state index in [4.69, 9.17) is 5.73 Å². The van der Waals surface area contributed by atoms with Crippen LogP contribution < -0.4 is 11.1 Å². The fraction of sp³-hybridized carbons (Fsp3) is 0.700. The molecule has 3 nitrogen and oxygen atoms in total. The highest BCUT2D eigenvalue weighted by Crippen LogP contribution is 2.04. The highest BCUT2D eigenvalue weighted by Gasteiger charge is 2.18. The van der Waals surface area contributed by atoms with Crippen molar-refractivity contribution in [1.29, 1.82) is 0 Å². The number of nitrogens with one attached hydrogen (secondary N) is 1. The van der Waals surface area contributed by atoms with Crippen molar-refractivity contribution < 1.29 is 4.79 Å². The molecule has 0 spiro atoms. The van der Waals surface area contributed by atoms with Crippen LogP contribution in [-0.2, 0) is 4.79 Å². The van der Waals surface area contributed by atoms with Crippen molar-refractivity contribution in [3.8, 4) is 0 Å². The Balaban J connectivity index is 3.89. The molecule has 3 N–H and O–H groups in total. The summed E-state index contributed by atoms with van der Waals surface area (Å²) < 4.78 is 0. The quantitative estimate of drug-likeness (QED) is 0.627. The van der Waals surface area contributed by atoms with Gasteiger partial charge in [0, 0.05) is 6.54 Å². The van der Waals surface area contributed by atoms with Gasteiger partial charge in [-0.3, -0.25) is 4.79 Å². The normalized spacial score (nSPS) is 14.8. The van der Waals surface area contributed by atoms with Crippen LogP contribution in [0.15, 0.2) is 12.2 Å². The molecule has 1 unspecified atom stereocenters. The standard InChI is InChI=1S/C10H20N2O/c1-5-8(4)9(11)10(13)12-6-7(2)3/h8-9H,2,5-6,11H2,1,3-4H3,(H,12,13)/t8?,9-/m0/s1. The average molecular weight is 184 g/mol. The number of rotatable bonds is 5. The highest BCUT2D eigenvalue weighted by molar-refractivity contribution is 5.81. The lowest BCUT2D eigenvalue weighted by Gasteiger charge is -2.17. The Hall–Kier alpha value is -0.830. The van der Waals surface area contributed by atoms with Gasteiger partial charge in [0.1, 0.15) is 0 Å². The average Bonchev–Trinajstić information content (AvgIpc) is 2.11. The number of nitrogens with two attached hydrogens (primary N) is 1. The maximum absolute atomic E-state index is 11.4. The zero-order valence-electron chi connectivity index (χ0n) is 8.76. The molecule has 0 saturated carbocycles. The first-order valence-corrected chi connectivity index (χ1v) is 4.66. The molecule has 2 atom stereocenters. The minimum Gasteiger partial charge on any atom is -0.351 e. The first-order valence-electron chi connectivity index (χ1n) is 4.66. The Morgan fingerprint density at radius 2 is 2.15 bits per heavy atom. The maximum atomic E-state index is 11.4. The van der Waals surface area contributed by atoms with Gasteiger partial charge in [-0.1, -0.05) is 32.4 Å². The van der Waals surface area contributed by atoms with Crippen LogP contribution >= 0.6 is 0 Å². The minimum atomic E-state index is -0.399. The van der Waals surface area contributed by atoms with E-state index in [9.17, 15) is 4.79 Å². The van der Waals surface area contributed by atoms with E-state index in [1.165, 1.54) is 0 Å². The molecule has 0 aliphatic heterocycles. The molecule has 1 amide bonds. The molecule has 0 heterocycles. The molecule has 0 aliphatic rings. The van der Waals surface area contributed by atoms with Crippen LogP contribution in [0.4, 0.5) is 0 Å². The predicted octanol–water partition coefficient (Wildman–Crippen LogP) is 1.05. The Morgan fingerprint density at radius 1 is 1.62 bits per heavy atom.